The van der Waals surface area contributed by atoms with Crippen molar-refractivity contribution < 1.29 is 0 Å². The van der Waals surface area contributed by atoms with E-state index in [1.165, 1.54) is 16.0 Å². The highest BCUT2D eigenvalue weighted by Crippen LogP contribution is 2.36. The van der Waals surface area contributed by atoms with Crippen molar-refractivity contribution in [2.75, 3.05) is 24.5 Å². The third-order valence-corrected chi connectivity index (χ3v) is 6.51. The molecule has 1 aliphatic rings. The summed E-state index contributed by atoms with van der Waals surface area (Å²) in [5, 5.41) is 3.74. The Morgan fingerprint density at radius 2 is 1.85 bits per heavy atom. The lowest BCUT2D eigenvalue weighted by Crippen LogP contribution is -2.48. The summed E-state index contributed by atoms with van der Waals surface area (Å²) >= 11 is 14.6. The fourth-order valence-corrected chi connectivity index (χ4v) is 4.93. The number of anilines is 1. The predicted molar refractivity (Wildman–Crippen MR) is 117 cm³/mol. The van der Waals surface area contributed by atoms with Crippen molar-refractivity contribution >= 4 is 40.2 Å². The van der Waals surface area contributed by atoms with Crippen molar-refractivity contribution in [3.63, 3.8) is 0 Å². The molecule has 140 valence electrons. The fourth-order valence-electron chi connectivity index (χ4n) is 3.71. The Labute approximate surface area is 174 Å². The van der Waals surface area contributed by atoms with E-state index in [9.17, 15) is 0 Å². The van der Waals surface area contributed by atoms with E-state index in [1.54, 1.807) is 0 Å². The van der Waals surface area contributed by atoms with Crippen LogP contribution in [0.1, 0.15) is 22.0 Å². The van der Waals surface area contributed by atoms with Crippen LogP contribution in [0, 0.1) is 6.92 Å². The van der Waals surface area contributed by atoms with Gasteiger partial charge in [-0.15, -0.1) is 11.3 Å². The average Bonchev–Trinajstić information content (AvgIpc) is 3.16. The normalized spacial score (nSPS) is 18.0. The van der Waals surface area contributed by atoms with Crippen LogP contribution in [0.5, 0.6) is 0 Å². The van der Waals surface area contributed by atoms with Gasteiger partial charge in [0.1, 0.15) is 0 Å². The van der Waals surface area contributed by atoms with Gasteiger partial charge in [0, 0.05) is 36.1 Å². The minimum atomic E-state index is 0.246. The van der Waals surface area contributed by atoms with Gasteiger partial charge < -0.3 is 4.90 Å². The van der Waals surface area contributed by atoms with Gasteiger partial charge in [0.25, 0.3) is 0 Å². The molecule has 2 heterocycles. The van der Waals surface area contributed by atoms with Crippen molar-refractivity contribution in [3.8, 4) is 0 Å². The van der Waals surface area contributed by atoms with Gasteiger partial charge >= 0.3 is 0 Å². The summed E-state index contributed by atoms with van der Waals surface area (Å²) in [4.78, 5) is 6.38. The van der Waals surface area contributed by atoms with Gasteiger partial charge in [-0.2, -0.15) is 0 Å². The van der Waals surface area contributed by atoms with E-state index < -0.39 is 0 Å². The van der Waals surface area contributed by atoms with Crippen molar-refractivity contribution in [1.82, 2.24) is 4.90 Å². The molecule has 27 heavy (non-hydrogen) atoms. The van der Waals surface area contributed by atoms with Crippen LogP contribution >= 0.6 is 34.5 Å². The molecule has 2 aromatic carbocycles. The summed E-state index contributed by atoms with van der Waals surface area (Å²) in [7, 11) is 0. The molecule has 0 aliphatic carbocycles. The van der Waals surface area contributed by atoms with Crippen LogP contribution in [0.3, 0.4) is 0 Å². The number of rotatable bonds is 4. The number of thiophene rings is 1. The highest BCUT2D eigenvalue weighted by Gasteiger charge is 2.29. The molecule has 4 rings (SSSR count). The van der Waals surface area contributed by atoms with Gasteiger partial charge in [0.05, 0.1) is 16.8 Å². The second kappa shape index (κ2) is 8.24. The summed E-state index contributed by atoms with van der Waals surface area (Å²) in [6.07, 6.45) is 0. The van der Waals surface area contributed by atoms with Crippen molar-refractivity contribution in [1.29, 1.82) is 0 Å². The van der Waals surface area contributed by atoms with Crippen LogP contribution < -0.4 is 4.90 Å². The lowest BCUT2D eigenvalue weighted by molar-refractivity contribution is 0.217. The van der Waals surface area contributed by atoms with Gasteiger partial charge in [0.2, 0.25) is 0 Å². The first-order chi connectivity index (χ1) is 13.1. The topological polar surface area (TPSA) is 6.48 Å². The largest absolute Gasteiger partial charge is 0.361 e. The first-order valence-electron chi connectivity index (χ1n) is 9.13. The number of hydrogen-bond acceptors (Lipinski definition) is 3. The molecular formula is C22H22Cl2N2S. The molecular weight excluding hydrogens is 395 g/mol. The quantitative estimate of drug-likeness (QED) is 0.483. The van der Waals surface area contributed by atoms with E-state index in [0.29, 0.717) is 0 Å². The Morgan fingerprint density at radius 3 is 2.56 bits per heavy atom. The first-order valence-corrected chi connectivity index (χ1v) is 10.8. The second-order valence-electron chi connectivity index (χ2n) is 7.03. The minimum Gasteiger partial charge on any atom is -0.361 e. The van der Waals surface area contributed by atoms with Crippen LogP contribution in [0.15, 0.2) is 60.0 Å². The molecule has 0 saturated carbocycles. The molecule has 0 amide bonds. The maximum absolute atomic E-state index is 6.62. The summed E-state index contributed by atoms with van der Waals surface area (Å²) < 4.78 is 0. The second-order valence-corrected chi connectivity index (χ2v) is 8.91. The van der Waals surface area contributed by atoms with Crippen molar-refractivity contribution in [3.05, 3.63) is 86.0 Å². The highest BCUT2D eigenvalue weighted by molar-refractivity contribution is 7.09. The minimum absolute atomic E-state index is 0.246. The Bertz CT molecular complexity index is 893. The Kier molecular flexibility index (Phi) is 5.74. The van der Waals surface area contributed by atoms with Gasteiger partial charge in [-0.05, 0) is 53.8 Å². The zero-order valence-corrected chi connectivity index (χ0v) is 17.6. The molecule has 0 spiro atoms. The van der Waals surface area contributed by atoms with Crippen LogP contribution in [0.4, 0.5) is 5.69 Å². The molecule has 1 fully saturated rings. The fraction of sp³-hybridized carbons (Fsp3) is 0.273. The van der Waals surface area contributed by atoms with E-state index in [-0.39, 0.29) is 6.04 Å². The summed E-state index contributed by atoms with van der Waals surface area (Å²) in [6, 6.07) is 19.1. The zero-order valence-electron chi connectivity index (χ0n) is 15.2. The van der Waals surface area contributed by atoms with E-state index in [0.717, 1.165) is 41.9 Å². The summed E-state index contributed by atoms with van der Waals surface area (Å²) in [6.45, 7) is 6.00. The third-order valence-electron chi connectivity index (χ3n) is 5.09. The predicted octanol–water partition coefficient (Wildman–Crippen LogP) is 6.43. The molecule has 5 heteroatoms. The average molecular weight is 417 g/mol. The van der Waals surface area contributed by atoms with Gasteiger partial charge in [-0.1, -0.05) is 47.5 Å². The van der Waals surface area contributed by atoms with E-state index >= 15 is 0 Å². The van der Waals surface area contributed by atoms with Gasteiger partial charge in [-0.25, -0.2) is 0 Å². The lowest BCUT2D eigenvalue weighted by Gasteiger charge is -2.43. The molecule has 3 aromatic rings. The maximum Gasteiger partial charge on any atom is 0.0670 e. The number of halogens is 2. The van der Waals surface area contributed by atoms with Crippen LogP contribution in [0.25, 0.3) is 0 Å². The molecule has 1 saturated heterocycles. The standard InChI is InChI=1S/C22H22Cl2N2S/c1-16-4-9-21(20(24)13-16)26-11-10-25(14-19-3-2-12-27-19)15-22(26)17-5-7-18(23)8-6-17/h2-9,12-13,22H,10-11,14-15H2,1H3. The van der Waals surface area contributed by atoms with Crippen LogP contribution in [-0.2, 0) is 6.54 Å². The smallest absolute Gasteiger partial charge is 0.0670 e. The molecule has 1 unspecified atom stereocenters. The molecule has 2 nitrogen and oxygen atoms in total. The molecule has 1 aromatic heterocycles. The number of hydrogen-bond donors (Lipinski definition) is 0. The number of aryl methyl sites for hydroxylation is 1. The molecule has 1 aliphatic heterocycles. The monoisotopic (exact) mass is 416 g/mol. The molecule has 0 radical (unpaired) electrons. The van der Waals surface area contributed by atoms with Crippen molar-refractivity contribution in [2.45, 2.75) is 19.5 Å². The summed E-state index contributed by atoms with van der Waals surface area (Å²) in [5.74, 6) is 0. The Hall–Kier alpha value is -1.52. The highest BCUT2D eigenvalue weighted by atomic mass is 35.5. The lowest BCUT2D eigenvalue weighted by atomic mass is 10.0. The SMILES string of the molecule is Cc1ccc(N2CCN(Cc3cccs3)CC2c2ccc(Cl)cc2)c(Cl)c1. The Balaban J connectivity index is 1.64. The van der Waals surface area contributed by atoms with E-state index in [2.05, 4.69) is 58.5 Å². The van der Waals surface area contributed by atoms with E-state index in [1.807, 2.05) is 29.5 Å². The maximum atomic E-state index is 6.62. The number of benzene rings is 2. The number of piperazine rings is 1. The first kappa shape index (κ1) is 18.8. The summed E-state index contributed by atoms with van der Waals surface area (Å²) in [5.41, 5.74) is 3.56. The van der Waals surface area contributed by atoms with E-state index in [4.69, 9.17) is 23.2 Å². The molecule has 0 bridgehead atoms. The van der Waals surface area contributed by atoms with Crippen LogP contribution in [-0.4, -0.2) is 24.5 Å². The third kappa shape index (κ3) is 4.33. The van der Waals surface area contributed by atoms with Crippen LogP contribution in [0.2, 0.25) is 10.0 Å². The van der Waals surface area contributed by atoms with Crippen molar-refractivity contribution in [2.24, 2.45) is 0 Å². The zero-order chi connectivity index (χ0) is 18.8. The number of nitrogens with zero attached hydrogens (tertiary/aromatic N) is 2. The molecule has 1 atom stereocenters. The molecule has 0 N–H and O–H groups in total. The van der Waals surface area contributed by atoms with Gasteiger partial charge in [0.15, 0.2) is 0 Å². The Morgan fingerprint density at radius 1 is 1.04 bits per heavy atom. The van der Waals surface area contributed by atoms with Gasteiger partial charge in [-0.3, -0.25) is 4.90 Å².